The Morgan fingerprint density at radius 1 is 1.11 bits per heavy atom. The lowest BCUT2D eigenvalue weighted by Gasteiger charge is -2.36. The second-order valence-electron chi connectivity index (χ2n) is 7.15. The molecule has 2 aromatic carbocycles. The predicted octanol–water partition coefficient (Wildman–Crippen LogP) is 3.83. The van der Waals surface area contributed by atoms with Gasteiger partial charge in [-0.25, -0.2) is 13.2 Å². The summed E-state index contributed by atoms with van der Waals surface area (Å²) in [4.78, 5) is 14.5. The summed E-state index contributed by atoms with van der Waals surface area (Å²) >= 11 is 0. The van der Waals surface area contributed by atoms with E-state index in [9.17, 15) is 18.0 Å². The van der Waals surface area contributed by atoms with Gasteiger partial charge < -0.3 is 15.6 Å². The SMILES string of the molecule is CNC(=O)CN[C@H]1C[C@H](c2c(-c3ccc(F)cc3)[nH]c3c(F)cc(F)cc32)C1. The molecule has 28 heavy (non-hydrogen) atoms. The number of nitrogens with one attached hydrogen (secondary N) is 3. The molecule has 1 fully saturated rings. The molecule has 0 spiro atoms. The van der Waals surface area contributed by atoms with Crippen molar-refractivity contribution in [2.24, 2.45) is 0 Å². The van der Waals surface area contributed by atoms with Crippen LogP contribution in [0.1, 0.15) is 24.3 Å². The van der Waals surface area contributed by atoms with E-state index in [0.717, 1.165) is 24.5 Å². The molecular weight excluding hydrogens is 367 g/mol. The van der Waals surface area contributed by atoms with Gasteiger partial charge in [-0.2, -0.15) is 0 Å². The number of aromatic nitrogens is 1. The highest BCUT2D eigenvalue weighted by Gasteiger charge is 2.34. The molecule has 0 bridgehead atoms. The van der Waals surface area contributed by atoms with Gasteiger partial charge in [0.1, 0.15) is 17.5 Å². The molecule has 1 aromatic heterocycles. The number of hydrogen-bond acceptors (Lipinski definition) is 2. The highest BCUT2D eigenvalue weighted by Crippen LogP contribution is 2.45. The first kappa shape index (κ1) is 18.6. The van der Waals surface area contributed by atoms with Crippen LogP contribution in [0.4, 0.5) is 13.2 Å². The van der Waals surface area contributed by atoms with Crippen molar-refractivity contribution in [3.8, 4) is 11.3 Å². The number of likely N-dealkylation sites (N-methyl/N-ethyl adjacent to an activating group) is 1. The summed E-state index contributed by atoms with van der Waals surface area (Å²) in [7, 11) is 1.58. The van der Waals surface area contributed by atoms with Gasteiger partial charge in [0.05, 0.1) is 17.8 Å². The Morgan fingerprint density at radius 2 is 1.82 bits per heavy atom. The van der Waals surface area contributed by atoms with E-state index >= 15 is 0 Å². The molecule has 0 unspecified atom stereocenters. The van der Waals surface area contributed by atoms with Gasteiger partial charge in [-0.3, -0.25) is 4.79 Å². The molecule has 0 radical (unpaired) electrons. The molecular formula is C21H20F3N3O. The van der Waals surface area contributed by atoms with E-state index in [1.54, 1.807) is 19.2 Å². The van der Waals surface area contributed by atoms with Crippen molar-refractivity contribution in [3.63, 3.8) is 0 Å². The second kappa shape index (κ2) is 7.31. The van der Waals surface area contributed by atoms with Crippen LogP contribution in [-0.2, 0) is 4.79 Å². The topological polar surface area (TPSA) is 56.9 Å². The van der Waals surface area contributed by atoms with E-state index in [4.69, 9.17) is 0 Å². The minimum absolute atomic E-state index is 0.0807. The fourth-order valence-electron chi connectivity index (χ4n) is 3.85. The third-order valence-corrected chi connectivity index (χ3v) is 5.37. The summed E-state index contributed by atoms with van der Waals surface area (Å²) in [6.45, 7) is 0.232. The molecule has 1 aliphatic rings. The third kappa shape index (κ3) is 3.38. The summed E-state index contributed by atoms with van der Waals surface area (Å²) < 4.78 is 41.6. The number of amides is 1. The lowest BCUT2D eigenvalue weighted by Crippen LogP contribution is -2.44. The molecule has 1 heterocycles. The number of halogens is 3. The molecule has 4 nitrogen and oxygen atoms in total. The third-order valence-electron chi connectivity index (χ3n) is 5.37. The molecule has 0 atom stereocenters. The number of H-pyrrole nitrogens is 1. The molecule has 7 heteroatoms. The van der Waals surface area contributed by atoms with Gasteiger partial charge >= 0.3 is 0 Å². The van der Waals surface area contributed by atoms with Crippen LogP contribution in [-0.4, -0.2) is 30.5 Å². The second-order valence-corrected chi connectivity index (χ2v) is 7.15. The average Bonchev–Trinajstić information content (AvgIpc) is 3.00. The summed E-state index contributed by atoms with van der Waals surface area (Å²) in [5, 5.41) is 6.24. The number of carbonyl (C=O) groups is 1. The van der Waals surface area contributed by atoms with E-state index in [-0.39, 0.29) is 35.7 Å². The van der Waals surface area contributed by atoms with Crippen LogP contribution in [0, 0.1) is 17.5 Å². The summed E-state index contributed by atoms with van der Waals surface area (Å²) in [6.07, 6.45) is 1.49. The van der Waals surface area contributed by atoms with Crippen LogP contribution in [0.5, 0.6) is 0 Å². The van der Waals surface area contributed by atoms with Crippen molar-refractivity contribution < 1.29 is 18.0 Å². The smallest absolute Gasteiger partial charge is 0.233 e. The Hall–Kier alpha value is -2.80. The van der Waals surface area contributed by atoms with Crippen LogP contribution < -0.4 is 10.6 Å². The Balaban J connectivity index is 1.69. The number of carbonyl (C=O) groups excluding carboxylic acids is 1. The minimum Gasteiger partial charge on any atom is -0.358 e. The number of rotatable bonds is 5. The zero-order valence-electron chi connectivity index (χ0n) is 15.3. The van der Waals surface area contributed by atoms with Crippen molar-refractivity contribution in [2.45, 2.75) is 24.8 Å². The Bertz CT molecular complexity index is 1020. The van der Waals surface area contributed by atoms with Crippen LogP contribution in [0.3, 0.4) is 0 Å². The van der Waals surface area contributed by atoms with Crippen LogP contribution >= 0.6 is 0 Å². The molecule has 146 valence electrons. The highest BCUT2D eigenvalue weighted by molar-refractivity contribution is 5.92. The Morgan fingerprint density at radius 3 is 2.50 bits per heavy atom. The molecule has 0 aliphatic heterocycles. The molecule has 3 N–H and O–H groups in total. The van der Waals surface area contributed by atoms with E-state index in [1.807, 2.05) is 0 Å². The van der Waals surface area contributed by atoms with Gasteiger partial charge in [0.2, 0.25) is 5.91 Å². The lowest BCUT2D eigenvalue weighted by atomic mass is 9.74. The van der Waals surface area contributed by atoms with E-state index in [0.29, 0.717) is 16.6 Å². The van der Waals surface area contributed by atoms with Crippen molar-refractivity contribution in [1.29, 1.82) is 0 Å². The van der Waals surface area contributed by atoms with Gasteiger partial charge in [0, 0.05) is 24.5 Å². The van der Waals surface area contributed by atoms with E-state index in [1.165, 1.54) is 18.2 Å². The minimum atomic E-state index is -0.654. The lowest BCUT2D eigenvalue weighted by molar-refractivity contribution is -0.120. The normalized spacial score (nSPS) is 18.9. The number of hydrogen-bond donors (Lipinski definition) is 3. The maximum absolute atomic E-state index is 14.3. The van der Waals surface area contributed by atoms with Gasteiger partial charge in [-0.05, 0) is 60.2 Å². The average molecular weight is 387 g/mol. The van der Waals surface area contributed by atoms with Crippen LogP contribution in [0.15, 0.2) is 36.4 Å². The molecule has 3 aromatic rings. The first-order valence-electron chi connectivity index (χ1n) is 9.16. The first-order chi connectivity index (χ1) is 13.5. The maximum atomic E-state index is 14.3. The van der Waals surface area contributed by atoms with Crippen LogP contribution in [0.25, 0.3) is 22.2 Å². The fourth-order valence-corrected chi connectivity index (χ4v) is 3.85. The monoisotopic (exact) mass is 387 g/mol. The summed E-state index contributed by atoms with van der Waals surface area (Å²) in [5.74, 6) is -1.66. The molecule has 1 amide bonds. The summed E-state index contributed by atoms with van der Waals surface area (Å²) in [6, 6.07) is 8.28. The largest absolute Gasteiger partial charge is 0.358 e. The quantitative estimate of drug-likeness (QED) is 0.623. The van der Waals surface area contributed by atoms with Gasteiger partial charge in [0.25, 0.3) is 0 Å². The van der Waals surface area contributed by atoms with Gasteiger partial charge in [-0.1, -0.05) is 0 Å². The molecule has 1 saturated carbocycles. The van der Waals surface area contributed by atoms with Crippen molar-refractivity contribution >= 4 is 16.8 Å². The summed E-state index contributed by atoms with van der Waals surface area (Å²) in [5.41, 5.74) is 2.47. The predicted molar refractivity (Wildman–Crippen MR) is 101 cm³/mol. The number of aromatic amines is 1. The first-order valence-corrected chi connectivity index (χ1v) is 9.16. The zero-order chi connectivity index (χ0) is 19.8. The number of benzene rings is 2. The molecule has 4 rings (SSSR count). The zero-order valence-corrected chi connectivity index (χ0v) is 15.3. The van der Waals surface area contributed by atoms with Gasteiger partial charge in [-0.15, -0.1) is 0 Å². The van der Waals surface area contributed by atoms with Crippen molar-refractivity contribution in [3.05, 3.63) is 59.4 Å². The van der Waals surface area contributed by atoms with Gasteiger partial charge in [0.15, 0.2) is 0 Å². The van der Waals surface area contributed by atoms with Crippen molar-refractivity contribution in [1.82, 2.24) is 15.6 Å². The molecule has 1 aliphatic carbocycles. The Kier molecular flexibility index (Phi) is 4.85. The van der Waals surface area contributed by atoms with Crippen LogP contribution in [0.2, 0.25) is 0 Å². The highest BCUT2D eigenvalue weighted by atomic mass is 19.1. The maximum Gasteiger partial charge on any atom is 0.233 e. The Labute approximate surface area is 160 Å². The number of fused-ring (bicyclic) bond motifs is 1. The standard InChI is InChI=1S/C21H20F3N3O/c1-25-18(28)10-26-15-6-12(7-15)19-16-8-14(23)9-17(24)21(16)27-20(19)11-2-4-13(22)5-3-11/h2-5,8-9,12,15,26-27H,6-7,10H2,1H3,(H,25,28)/t12-,15-. The van der Waals surface area contributed by atoms with E-state index < -0.39 is 11.6 Å². The van der Waals surface area contributed by atoms with E-state index in [2.05, 4.69) is 15.6 Å². The molecule has 0 saturated heterocycles. The van der Waals surface area contributed by atoms with Crippen molar-refractivity contribution in [2.75, 3.05) is 13.6 Å². The fraction of sp³-hybridized carbons (Fsp3) is 0.286.